The van der Waals surface area contributed by atoms with Crippen LogP contribution in [-0.2, 0) is 7.05 Å². The normalized spacial score (nSPS) is 20.4. The summed E-state index contributed by atoms with van der Waals surface area (Å²) in [6.45, 7) is 5.44. The summed E-state index contributed by atoms with van der Waals surface area (Å²) in [6.07, 6.45) is 8.05. The number of hydrogen-bond donors (Lipinski definition) is 1. The van der Waals surface area contributed by atoms with E-state index in [0.717, 1.165) is 10.9 Å². The van der Waals surface area contributed by atoms with Crippen LogP contribution in [0.3, 0.4) is 0 Å². The Morgan fingerprint density at radius 2 is 2.04 bits per heavy atom. The number of pyridine rings is 1. The van der Waals surface area contributed by atoms with E-state index in [1.807, 2.05) is 49.4 Å². The molecule has 1 aliphatic heterocycles. The van der Waals surface area contributed by atoms with Gasteiger partial charge in [0.25, 0.3) is 5.56 Å². The fraction of sp³-hybridized carbons (Fsp3) is 0.350. The van der Waals surface area contributed by atoms with Crippen LogP contribution in [0.15, 0.2) is 47.3 Å². The summed E-state index contributed by atoms with van der Waals surface area (Å²) in [4.78, 5) is 12.6. The summed E-state index contributed by atoms with van der Waals surface area (Å²) < 4.78 is 7.90. The average molecular weight is 325 g/mol. The van der Waals surface area contributed by atoms with Gasteiger partial charge in [-0.1, -0.05) is 24.3 Å². The molecular formula is C20H23NO3. The fourth-order valence-corrected chi connectivity index (χ4v) is 2.97. The van der Waals surface area contributed by atoms with E-state index in [1.165, 1.54) is 0 Å². The number of para-hydroxylation sites is 1. The minimum absolute atomic E-state index is 0.0611. The second-order valence-corrected chi connectivity index (χ2v) is 7.13. The Labute approximate surface area is 141 Å². The molecule has 24 heavy (non-hydrogen) atoms. The largest absolute Gasteiger partial charge is 0.482 e. The van der Waals surface area contributed by atoms with Crippen LogP contribution < -0.4 is 10.3 Å². The van der Waals surface area contributed by atoms with E-state index in [0.29, 0.717) is 17.7 Å². The number of aliphatic hydroxyl groups is 1. The van der Waals surface area contributed by atoms with Crippen molar-refractivity contribution in [2.24, 2.45) is 7.05 Å². The number of ether oxygens (including phenoxy) is 1. The Hall–Kier alpha value is -2.33. The number of benzene rings is 1. The molecule has 1 aromatic carbocycles. The third kappa shape index (κ3) is 3.02. The molecule has 0 saturated heterocycles. The lowest BCUT2D eigenvalue weighted by Crippen LogP contribution is -2.34. The molecule has 1 aliphatic rings. The number of nitrogens with zero attached hydrogens (tertiary/aromatic N) is 1. The Bertz CT molecular complexity index is 899. The van der Waals surface area contributed by atoms with E-state index < -0.39 is 11.2 Å². The Morgan fingerprint density at radius 3 is 2.75 bits per heavy atom. The van der Waals surface area contributed by atoms with Crippen molar-refractivity contribution in [2.45, 2.75) is 38.4 Å². The standard InChI is InChI=1S/C20H23NO3/c1-19(2,23)11-7-12-20(3)13-10-15-17(24-20)14-8-5-6-9-16(14)21(4)18(15)22/h5-11,13,23H,12H2,1-4H3/b11-7+/t20-/m0/s1. The van der Waals surface area contributed by atoms with Crippen molar-refractivity contribution >= 4 is 17.0 Å². The van der Waals surface area contributed by atoms with Crippen molar-refractivity contribution in [1.82, 2.24) is 4.57 Å². The van der Waals surface area contributed by atoms with E-state index in [1.54, 1.807) is 31.5 Å². The fourth-order valence-electron chi connectivity index (χ4n) is 2.97. The van der Waals surface area contributed by atoms with Gasteiger partial charge in [0.15, 0.2) is 0 Å². The van der Waals surface area contributed by atoms with Crippen LogP contribution in [0.25, 0.3) is 17.0 Å². The van der Waals surface area contributed by atoms with E-state index in [9.17, 15) is 9.90 Å². The summed E-state index contributed by atoms with van der Waals surface area (Å²) in [5.41, 5.74) is -0.0285. The van der Waals surface area contributed by atoms with Crippen LogP contribution in [-0.4, -0.2) is 20.9 Å². The minimum atomic E-state index is -0.852. The van der Waals surface area contributed by atoms with Gasteiger partial charge >= 0.3 is 0 Å². The highest BCUT2D eigenvalue weighted by molar-refractivity contribution is 5.89. The van der Waals surface area contributed by atoms with Crippen molar-refractivity contribution in [1.29, 1.82) is 0 Å². The second-order valence-electron chi connectivity index (χ2n) is 7.13. The molecule has 0 saturated carbocycles. The predicted octanol–water partition coefficient (Wildman–Crippen LogP) is 3.42. The molecule has 0 radical (unpaired) electrons. The molecule has 0 spiro atoms. The topological polar surface area (TPSA) is 51.5 Å². The third-order valence-electron chi connectivity index (χ3n) is 4.28. The highest BCUT2D eigenvalue weighted by atomic mass is 16.5. The third-order valence-corrected chi connectivity index (χ3v) is 4.28. The van der Waals surface area contributed by atoms with Crippen molar-refractivity contribution in [3.8, 4) is 5.75 Å². The number of rotatable bonds is 3. The van der Waals surface area contributed by atoms with Crippen LogP contribution in [0.4, 0.5) is 0 Å². The molecule has 3 rings (SSSR count). The lowest BCUT2D eigenvalue weighted by Gasteiger charge is -2.32. The summed E-state index contributed by atoms with van der Waals surface area (Å²) in [7, 11) is 1.78. The molecule has 0 aliphatic carbocycles. The van der Waals surface area contributed by atoms with Gasteiger partial charge in [0, 0.05) is 18.9 Å². The molecule has 0 unspecified atom stereocenters. The van der Waals surface area contributed by atoms with Crippen molar-refractivity contribution < 1.29 is 9.84 Å². The van der Waals surface area contributed by atoms with Crippen LogP contribution >= 0.6 is 0 Å². The average Bonchev–Trinajstić information content (AvgIpc) is 2.51. The van der Waals surface area contributed by atoms with Gasteiger partial charge in [-0.25, -0.2) is 0 Å². The Morgan fingerprint density at radius 1 is 1.33 bits per heavy atom. The predicted molar refractivity (Wildman–Crippen MR) is 97.3 cm³/mol. The van der Waals surface area contributed by atoms with Crippen molar-refractivity contribution in [3.05, 3.63) is 58.4 Å². The van der Waals surface area contributed by atoms with E-state index in [4.69, 9.17) is 4.74 Å². The molecule has 2 aromatic rings. The monoisotopic (exact) mass is 325 g/mol. The quantitative estimate of drug-likeness (QED) is 0.880. The molecule has 126 valence electrons. The molecule has 1 aromatic heterocycles. The molecule has 0 fully saturated rings. The first-order chi connectivity index (χ1) is 11.2. The first-order valence-electron chi connectivity index (χ1n) is 8.10. The lowest BCUT2D eigenvalue weighted by atomic mass is 9.95. The van der Waals surface area contributed by atoms with Gasteiger partial charge in [0.05, 0.1) is 16.7 Å². The summed E-state index contributed by atoms with van der Waals surface area (Å²) in [5, 5.41) is 10.7. The Balaban J connectivity index is 2.05. The van der Waals surface area contributed by atoms with E-state index in [2.05, 4.69) is 0 Å². The SMILES string of the molecule is Cn1c(=O)c2c(c3ccccc31)O[C@@](C)(C/C=C/C(C)(C)O)C=C2. The summed E-state index contributed by atoms with van der Waals surface area (Å²) >= 11 is 0. The summed E-state index contributed by atoms with van der Waals surface area (Å²) in [5.74, 6) is 0.635. The summed E-state index contributed by atoms with van der Waals surface area (Å²) in [6, 6.07) is 7.75. The molecule has 4 heteroatoms. The van der Waals surface area contributed by atoms with Gasteiger partial charge in [-0.05, 0) is 45.1 Å². The minimum Gasteiger partial charge on any atom is -0.482 e. The maximum atomic E-state index is 12.6. The van der Waals surface area contributed by atoms with E-state index >= 15 is 0 Å². The van der Waals surface area contributed by atoms with Gasteiger partial charge in [-0.3, -0.25) is 4.79 Å². The van der Waals surface area contributed by atoms with E-state index in [-0.39, 0.29) is 5.56 Å². The Kier molecular flexibility index (Phi) is 3.88. The van der Waals surface area contributed by atoms with Crippen LogP contribution in [0, 0.1) is 0 Å². The highest BCUT2D eigenvalue weighted by Crippen LogP contribution is 2.36. The zero-order valence-electron chi connectivity index (χ0n) is 14.5. The maximum absolute atomic E-state index is 12.6. The van der Waals surface area contributed by atoms with Crippen LogP contribution in [0.5, 0.6) is 5.75 Å². The van der Waals surface area contributed by atoms with Crippen molar-refractivity contribution in [3.63, 3.8) is 0 Å². The molecule has 0 bridgehead atoms. The molecule has 0 amide bonds. The van der Waals surface area contributed by atoms with Gasteiger partial charge in [0.1, 0.15) is 11.4 Å². The molecule has 1 atom stereocenters. The first kappa shape index (κ1) is 16.5. The van der Waals surface area contributed by atoms with Gasteiger partial charge in [0.2, 0.25) is 0 Å². The second kappa shape index (κ2) is 5.64. The van der Waals surface area contributed by atoms with Gasteiger partial charge in [-0.2, -0.15) is 0 Å². The van der Waals surface area contributed by atoms with Gasteiger partial charge < -0.3 is 14.4 Å². The lowest BCUT2D eigenvalue weighted by molar-refractivity contribution is 0.128. The zero-order chi connectivity index (χ0) is 17.5. The number of aromatic nitrogens is 1. The number of hydrogen-bond acceptors (Lipinski definition) is 3. The number of fused-ring (bicyclic) bond motifs is 3. The van der Waals surface area contributed by atoms with Crippen LogP contribution in [0.1, 0.15) is 32.8 Å². The molecular weight excluding hydrogens is 302 g/mol. The molecule has 4 nitrogen and oxygen atoms in total. The smallest absolute Gasteiger partial charge is 0.261 e. The van der Waals surface area contributed by atoms with Gasteiger partial charge in [-0.15, -0.1) is 0 Å². The maximum Gasteiger partial charge on any atom is 0.261 e. The van der Waals surface area contributed by atoms with Crippen LogP contribution in [0.2, 0.25) is 0 Å². The number of aryl methyl sites for hydroxylation is 1. The van der Waals surface area contributed by atoms with Crippen molar-refractivity contribution in [2.75, 3.05) is 0 Å². The highest BCUT2D eigenvalue weighted by Gasteiger charge is 2.29. The zero-order valence-corrected chi connectivity index (χ0v) is 14.5. The first-order valence-corrected chi connectivity index (χ1v) is 8.10. The molecule has 1 N–H and O–H groups in total. The molecule has 2 heterocycles.